The van der Waals surface area contributed by atoms with Crippen LogP contribution in [-0.2, 0) is 16.6 Å². The molecule has 1 amide bonds. The average molecular weight is 303 g/mol. The van der Waals surface area contributed by atoms with Gasteiger partial charge in [0.15, 0.2) is 0 Å². The largest absolute Gasteiger partial charge is 0.383 e. The number of ether oxygens (including phenoxy) is 1. The molecule has 0 spiro atoms. The summed E-state index contributed by atoms with van der Waals surface area (Å²) in [5.41, 5.74) is 2.90. The van der Waals surface area contributed by atoms with E-state index in [9.17, 15) is 4.79 Å². The van der Waals surface area contributed by atoms with Gasteiger partial charge in [-0.1, -0.05) is 0 Å². The van der Waals surface area contributed by atoms with Crippen LogP contribution in [0.2, 0.25) is 0 Å². The zero-order valence-electron chi connectivity index (χ0n) is 13.2. The molecule has 0 saturated carbocycles. The van der Waals surface area contributed by atoms with Gasteiger partial charge in [-0.25, -0.2) is 4.98 Å². The molecule has 0 aromatic carbocycles. The van der Waals surface area contributed by atoms with Gasteiger partial charge in [0.2, 0.25) is 5.91 Å². The second kappa shape index (κ2) is 5.92. The smallest absolute Gasteiger partial charge is 0.223 e. The summed E-state index contributed by atoms with van der Waals surface area (Å²) in [6.45, 7) is 3.90. The summed E-state index contributed by atoms with van der Waals surface area (Å²) in [7, 11) is 3.53. The van der Waals surface area contributed by atoms with Crippen LogP contribution in [0.15, 0.2) is 12.4 Å². The van der Waals surface area contributed by atoms with E-state index in [2.05, 4.69) is 10.1 Å². The number of amides is 1. The number of aromatic amines is 1. The molecule has 0 unspecified atom stereocenters. The van der Waals surface area contributed by atoms with Crippen LogP contribution in [0.4, 0.5) is 0 Å². The Morgan fingerprint density at radius 2 is 2.32 bits per heavy atom. The molecule has 0 aliphatic carbocycles. The SMILES string of the molecule is COCCN1C[C@@H](c2nc(-c3cnn(C)c3)c(C)[nH]2)CC1=O. The average Bonchev–Trinajstić information content (AvgIpc) is 3.16. The van der Waals surface area contributed by atoms with E-state index in [0.29, 0.717) is 26.1 Å². The van der Waals surface area contributed by atoms with E-state index >= 15 is 0 Å². The molecule has 3 heterocycles. The fourth-order valence-corrected chi connectivity index (χ4v) is 2.87. The zero-order valence-corrected chi connectivity index (χ0v) is 13.2. The Bertz CT molecular complexity index is 675. The van der Waals surface area contributed by atoms with Crippen LogP contribution in [0.3, 0.4) is 0 Å². The highest BCUT2D eigenvalue weighted by Crippen LogP contribution is 2.29. The van der Waals surface area contributed by atoms with Crippen molar-refractivity contribution in [2.45, 2.75) is 19.3 Å². The topological polar surface area (TPSA) is 76.0 Å². The van der Waals surface area contributed by atoms with Crippen molar-refractivity contribution in [2.75, 3.05) is 26.8 Å². The highest BCUT2D eigenvalue weighted by Gasteiger charge is 2.32. The Morgan fingerprint density at radius 3 is 3.00 bits per heavy atom. The van der Waals surface area contributed by atoms with E-state index in [4.69, 9.17) is 9.72 Å². The van der Waals surface area contributed by atoms with E-state index in [-0.39, 0.29) is 11.8 Å². The number of imidazole rings is 1. The van der Waals surface area contributed by atoms with Gasteiger partial charge < -0.3 is 14.6 Å². The summed E-state index contributed by atoms with van der Waals surface area (Å²) in [4.78, 5) is 21.9. The molecule has 1 fully saturated rings. The highest BCUT2D eigenvalue weighted by atomic mass is 16.5. The summed E-state index contributed by atoms with van der Waals surface area (Å²) in [6, 6.07) is 0. The first-order valence-corrected chi connectivity index (χ1v) is 7.40. The van der Waals surface area contributed by atoms with Crippen molar-refractivity contribution in [2.24, 2.45) is 7.05 Å². The molecule has 3 rings (SSSR count). The number of hydrogen-bond acceptors (Lipinski definition) is 4. The van der Waals surface area contributed by atoms with Gasteiger partial charge in [-0.05, 0) is 6.92 Å². The van der Waals surface area contributed by atoms with Crippen molar-refractivity contribution < 1.29 is 9.53 Å². The van der Waals surface area contributed by atoms with Crippen LogP contribution in [-0.4, -0.2) is 57.4 Å². The fraction of sp³-hybridized carbons (Fsp3) is 0.533. The maximum Gasteiger partial charge on any atom is 0.223 e. The predicted octanol–water partition coefficient (Wildman–Crippen LogP) is 1.08. The standard InChI is InChI=1S/C15H21N5O2/c1-10-14(12-7-16-19(2)8-12)18-15(17-10)11-6-13(21)20(9-11)4-5-22-3/h7-8,11H,4-6,9H2,1-3H3,(H,17,18)/t11-/m0/s1. The molecular weight excluding hydrogens is 282 g/mol. The van der Waals surface area contributed by atoms with Gasteiger partial charge >= 0.3 is 0 Å². The minimum Gasteiger partial charge on any atom is -0.383 e. The number of aromatic nitrogens is 4. The number of nitrogens with zero attached hydrogens (tertiary/aromatic N) is 4. The first-order valence-electron chi connectivity index (χ1n) is 7.40. The molecule has 118 valence electrons. The third-order valence-electron chi connectivity index (χ3n) is 4.05. The molecule has 1 N–H and O–H groups in total. The monoisotopic (exact) mass is 303 g/mol. The molecule has 7 heteroatoms. The van der Waals surface area contributed by atoms with Crippen LogP contribution in [0, 0.1) is 6.92 Å². The van der Waals surface area contributed by atoms with Gasteiger partial charge in [-0.15, -0.1) is 0 Å². The summed E-state index contributed by atoms with van der Waals surface area (Å²) in [5.74, 6) is 1.16. The van der Waals surface area contributed by atoms with Crippen molar-refractivity contribution in [3.05, 3.63) is 23.9 Å². The molecule has 7 nitrogen and oxygen atoms in total. The van der Waals surface area contributed by atoms with Crippen molar-refractivity contribution in [3.8, 4) is 11.3 Å². The number of methoxy groups -OCH3 is 1. The van der Waals surface area contributed by atoms with E-state index in [1.165, 1.54) is 0 Å². The number of likely N-dealkylation sites (tertiary alicyclic amines) is 1. The van der Waals surface area contributed by atoms with Crippen LogP contribution < -0.4 is 0 Å². The van der Waals surface area contributed by atoms with Gasteiger partial charge in [-0.3, -0.25) is 9.48 Å². The molecule has 1 saturated heterocycles. The van der Waals surface area contributed by atoms with Gasteiger partial charge in [0.1, 0.15) is 5.82 Å². The van der Waals surface area contributed by atoms with E-state index in [1.807, 2.05) is 25.1 Å². The van der Waals surface area contributed by atoms with Crippen LogP contribution in [0.5, 0.6) is 0 Å². The molecule has 1 aliphatic heterocycles. The number of hydrogen-bond donors (Lipinski definition) is 1. The molecule has 0 bridgehead atoms. The first-order chi connectivity index (χ1) is 10.6. The first kappa shape index (κ1) is 14.8. The van der Waals surface area contributed by atoms with E-state index < -0.39 is 0 Å². The summed E-state index contributed by atoms with van der Waals surface area (Å²) in [6.07, 6.45) is 4.25. The number of carbonyl (C=O) groups is 1. The van der Waals surface area contributed by atoms with Crippen LogP contribution >= 0.6 is 0 Å². The lowest BCUT2D eigenvalue weighted by molar-refractivity contribution is -0.128. The summed E-state index contributed by atoms with van der Waals surface area (Å²) >= 11 is 0. The summed E-state index contributed by atoms with van der Waals surface area (Å²) in [5, 5.41) is 4.19. The molecule has 1 aliphatic rings. The highest BCUT2D eigenvalue weighted by molar-refractivity contribution is 5.79. The number of rotatable bonds is 5. The maximum atomic E-state index is 12.0. The zero-order chi connectivity index (χ0) is 15.7. The lowest BCUT2D eigenvalue weighted by Gasteiger charge is -2.15. The van der Waals surface area contributed by atoms with Crippen molar-refractivity contribution in [1.29, 1.82) is 0 Å². The lowest BCUT2D eigenvalue weighted by atomic mass is 10.1. The minimum absolute atomic E-state index is 0.119. The van der Waals surface area contributed by atoms with Crippen LogP contribution in [0.1, 0.15) is 23.9 Å². The van der Waals surface area contributed by atoms with E-state index in [1.54, 1.807) is 18.0 Å². The van der Waals surface area contributed by atoms with Gasteiger partial charge in [0.05, 0.1) is 18.5 Å². The third-order valence-corrected chi connectivity index (χ3v) is 4.05. The molecule has 2 aromatic rings. The molecule has 2 aromatic heterocycles. The molecule has 22 heavy (non-hydrogen) atoms. The van der Waals surface area contributed by atoms with Crippen molar-refractivity contribution in [1.82, 2.24) is 24.6 Å². The van der Waals surface area contributed by atoms with Crippen molar-refractivity contribution >= 4 is 5.91 Å². The number of H-pyrrole nitrogens is 1. The number of carbonyl (C=O) groups excluding carboxylic acids is 1. The second-order valence-corrected chi connectivity index (χ2v) is 5.73. The lowest BCUT2D eigenvalue weighted by Crippen LogP contribution is -2.28. The number of nitrogens with one attached hydrogen (secondary N) is 1. The summed E-state index contributed by atoms with van der Waals surface area (Å²) < 4.78 is 6.81. The van der Waals surface area contributed by atoms with Gasteiger partial charge in [0.25, 0.3) is 0 Å². The number of aryl methyl sites for hydroxylation is 2. The Hall–Kier alpha value is -2.15. The fourth-order valence-electron chi connectivity index (χ4n) is 2.87. The Kier molecular flexibility index (Phi) is 3.98. The second-order valence-electron chi connectivity index (χ2n) is 5.73. The normalized spacial score (nSPS) is 18.4. The Balaban J connectivity index is 1.78. The Labute approximate surface area is 129 Å². The maximum absolute atomic E-state index is 12.0. The van der Waals surface area contributed by atoms with E-state index in [0.717, 1.165) is 22.8 Å². The van der Waals surface area contributed by atoms with Gasteiger partial charge in [0, 0.05) is 57.0 Å². The van der Waals surface area contributed by atoms with Crippen LogP contribution in [0.25, 0.3) is 11.3 Å². The quantitative estimate of drug-likeness (QED) is 0.897. The predicted molar refractivity (Wildman–Crippen MR) is 81.3 cm³/mol. The molecule has 0 radical (unpaired) electrons. The van der Waals surface area contributed by atoms with Crippen molar-refractivity contribution in [3.63, 3.8) is 0 Å². The van der Waals surface area contributed by atoms with Gasteiger partial charge in [-0.2, -0.15) is 5.10 Å². The third kappa shape index (κ3) is 2.76. The molecule has 1 atom stereocenters. The molecular formula is C15H21N5O2. The minimum atomic E-state index is 0.119. The Morgan fingerprint density at radius 1 is 1.50 bits per heavy atom.